The zero-order chi connectivity index (χ0) is 17.0. The van der Waals surface area contributed by atoms with Gasteiger partial charge in [-0.3, -0.25) is 0 Å². The Morgan fingerprint density at radius 3 is 2.61 bits per heavy atom. The number of methoxy groups -OCH3 is 1. The number of nitrogens with one attached hydrogen (secondary N) is 1. The van der Waals surface area contributed by atoms with Crippen molar-refractivity contribution >= 4 is 16.1 Å². The zero-order valence-corrected chi connectivity index (χ0v) is 14.4. The summed E-state index contributed by atoms with van der Waals surface area (Å²) in [6.45, 7) is 5.40. The number of rotatable bonds is 7. The number of carbonyl (C=O) groups is 1. The lowest BCUT2D eigenvalue weighted by atomic mass is 10.1. The summed E-state index contributed by atoms with van der Waals surface area (Å²) in [5.41, 5.74) is 1.85. The van der Waals surface area contributed by atoms with E-state index >= 15 is 0 Å². The molecule has 0 aromatic heterocycles. The van der Waals surface area contributed by atoms with Crippen molar-refractivity contribution < 1.29 is 22.7 Å². The third-order valence-electron chi connectivity index (χ3n) is 3.81. The van der Waals surface area contributed by atoms with Gasteiger partial charge in [-0.15, -0.1) is 0 Å². The third-order valence-corrected chi connectivity index (χ3v) is 5.29. The SMILES string of the molecule is COc1cc(C)c(C)cc1S(=O)(=O)NCCCN1CCOC1=O. The number of hydrogen-bond acceptors (Lipinski definition) is 5. The van der Waals surface area contributed by atoms with Gasteiger partial charge in [-0.05, 0) is 43.5 Å². The van der Waals surface area contributed by atoms with Crippen molar-refractivity contribution in [3.05, 3.63) is 23.3 Å². The minimum absolute atomic E-state index is 0.128. The summed E-state index contributed by atoms with van der Waals surface area (Å²) in [4.78, 5) is 13.0. The van der Waals surface area contributed by atoms with Gasteiger partial charge in [0.15, 0.2) is 0 Å². The van der Waals surface area contributed by atoms with E-state index in [2.05, 4.69) is 4.72 Å². The van der Waals surface area contributed by atoms with Crippen molar-refractivity contribution in [3.8, 4) is 5.75 Å². The number of aryl methyl sites for hydroxylation is 2. The lowest BCUT2D eigenvalue weighted by molar-refractivity contribution is 0.158. The predicted molar refractivity (Wildman–Crippen MR) is 85.2 cm³/mol. The molecule has 1 fully saturated rings. The van der Waals surface area contributed by atoms with E-state index in [4.69, 9.17) is 9.47 Å². The maximum atomic E-state index is 12.4. The Labute approximate surface area is 136 Å². The van der Waals surface area contributed by atoms with Gasteiger partial charge in [0.25, 0.3) is 0 Å². The summed E-state index contributed by atoms with van der Waals surface area (Å²) in [7, 11) is -2.21. The fourth-order valence-electron chi connectivity index (χ4n) is 2.32. The summed E-state index contributed by atoms with van der Waals surface area (Å²) in [6, 6.07) is 3.32. The van der Waals surface area contributed by atoms with E-state index in [9.17, 15) is 13.2 Å². The Morgan fingerprint density at radius 2 is 2.00 bits per heavy atom. The van der Waals surface area contributed by atoms with Crippen LogP contribution in [0.4, 0.5) is 4.79 Å². The summed E-state index contributed by atoms with van der Waals surface area (Å²) in [6.07, 6.45) is 0.172. The van der Waals surface area contributed by atoms with E-state index in [-0.39, 0.29) is 17.5 Å². The van der Waals surface area contributed by atoms with Gasteiger partial charge in [-0.1, -0.05) is 0 Å². The second-order valence-corrected chi connectivity index (χ2v) is 7.18. The molecular weight excluding hydrogens is 320 g/mol. The van der Waals surface area contributed by atoms with Gasteiger partial charge in [-0.2, -0.15) is 0 Å². The first-order chi connectivity index (χ1) is 10.8. The van der Waals surface area contributed by atoms with Crippen molar-refractivity contribution in [1.29, 1.82) is 0 Å². The molecule has 128 valence electrons. The lowest BCUT2D eigenvalue weighted by Gasteiger charge is -2.14. The first-order valence-electron chi connectivity index (χ1n) is 7.42. The minimum atomic E-state index is -3.66. The maximum absolute atomic E-state index is 12.4. The van der Waals surface area contributed by atoms with Crippen LogP contribution in [0.15, 0.2) is 17.0 Å². The third kappa shape index (κ3) is 4.14. The van der Waals surface area contributed by atoms with Crippen LogP contribution in [0, 0.1) is 13.8 Å². The Balaban J connectivity index is 1.99. The van der Waals surface area contributed by atoms with E-state index in [0.717, 1.165) is 11.1 Å². The van der Waals surface area contributed by atoms with Gasteiger partial charge in [0.2, 0.25) is 10.0 Å². The number of hydrogen-bond donors (Lipinski definition) is 1. The number of carbonyl (C=O) groups excluding carboxylic acids is 1. The molecule has 0 radical (unpaired) electrons. The number of nitrogens with zero attached hydrogens (tertiary/aromatic N) is 1. The van der Waals surface area contributed by atoms with E-state index in [1.807, 2.05) is 13.8 Å². The average Bonchev–Trinajstić information content (AvgIpc) is 2.91. The molecule has 0 bridgehead atoms. The molecule has 0 aliphatic carbocycles. The van der Waals surface area contributed by atoms with Crippen LogP contribution in [-0.4, -0.2) is 52.8 Å². The minimum Gasteiger partial charge on any atom is -0.495 e. The number of benzene rings is 1. The van der Waals surface area contributed by atoms with Gasteiger partial charge >= 0.3 is 6.09 Å². The van der Waals surface area contributed by atoms with Crippen LogP contribution in [0.5, 0.6) is 5.75 Å². The van der Waals surface area contributed by atoms with Crippen molar-refractivity contribution in [2.24, 2.45) is 0 Å². The Kier molecular flexibility index (Phi) is 5.48. The van der Waals surface area contributed by atoms with Crippen LogP contribution in [0.3, 0.4) is 0 Å². The quantitative estimate of drug-likeness (QED) is 0.758. The number of cyclic esters (lactones) is 1. The van der Waals surface area contributed by atoms with E-state index in [1.165, 1.54) is 7.11 Å². The highest BCUT2D eigenvalue weighted by atomic mass is 32.2. The second-order valence-electron chi connectivity index (χ2n) is 5.44. The molecule has 0 atom stereocenters. The van der Waals surface area contributed by atoms with E-state index in [1.54, 1.807) is 17.0 Å². The fraction of sp³-hybridized carbons (Fsp3) is 0.533. The molecule has 0 saturated carbocycles. The van der Waals surface area contributed by atoms with Crippen LogP contribution < -0.4 is 9.46 Å². The molecular formula is C15H22N2O5S. The molecule has 7 nitrogen and oxygen atoms in total. The van der Waals surface area contributed by atoms with Gasteiger partial charge < -0.3 is 14.4 Å². The Bertz CT molecular complexity index is 687. The van der Waals surface area contributed by atoms with Crippen LogP contribution in [-0.2, 0) is 14.8 Å². The number of amides is 1. The molecule has 0 spiro atoms. The van der Waals surface area contributed by atoms with Crippen LogP contribution in [0.1, 0.15) is 17.5 Å². The monoisotopic (exact) mass is 342 g/mol. The molecule has 1 heterocycles. The maximum Gasteiger partial charge on any atom is 0.409 e. The lowest BCUT2D eigenvalue weighted by Crippen LogP contribution is -2.30. The number of ether oxygens (including phenoxy) is 2. The normalized spacial score (nSPS) is 14.9. The van der Waals surface area contributed by atoms with Crippen LogP contribution in [0.25, 0.3) is 0 Å². The molecule has 23 heavy (non-hydrogen) atoms. The van der Waals surface area contributed by atoms with Crippen LogP contribution >= 0.6 is 0 Å². The van der Waals surface area contributed by atoms with E-state index in [0.29, 0.717) is 31.9 Å². The average molecular weight is 342 g/mol. The molecule has 1 N–H and O–H groups in total. The Hall–Kier alpha value is -1.80. The van der Waals surface area contributed by atoms with Gasteiger partial charge in [0.05, 0.1) is 13.7 Å². The molecule has 1 aliphatic rings. The fourth-order valence-corrected chi connectivity index (χ4v) is 3.62. The summed E-state index contributed by atoms with van der Waals surface area (Å²) < 4.78 is 37.4. The van der Waals surface area contributed by atoms with Crippen molar-refractivity contribution in [3.63, 3.8) is 0 Å². The molecule has 1 amide bonds. The summed E-state index contributed by atoms with van der Waals surface area (Å²) in [5, 5.41) is 0. The first-order valence-corrected chi connectivity index (χ1v) is 8.90. The van der Waals surface area contributed by atoms with Gasteiger partial charge in [-0.25, -0.2) is 17.9 Å². The molecule has 1 saturated heterocycles. The van der Waals surface area contributed by atoms with Gasteiger partial charge in [0.1, 0.15) is 17.3 Å². The summed E-state index contributed by atoms with van der Waals surface area (Å²) in [5.74, 6) is 0.323. The molecule has 1 aromatic rings. The second kappa shape index (κ2) is 7.18. The smallest absolute Gasteiger partial charge is 0.409 e. The van der Waals surface area contributed by atoms with E-state index < -0.39 is 10.0 Å². The molecule has 0 unspecified atom stereocenters. The molecule has 2 rings (SSSR count). The highest BCUT2D eigenvalue weighted by Crippen LogP contribution is 2.27. The molecule has 1 aliphatic heterocycles. The topological polar surface area (TPSA) is 84.9 Å². The largest absolute Gasteiger partial charge is 0.495 e. The Morgan fingerprint density at radius 1 is 1.30 bits per heavy atom. The predicted octanol–water partition coefficient (Wildman–Crippen LogP) is 1.43. The molecule has 8 heteroatoms. The van der Waals surface area contributed by atoms with Gasteiger partial charge in [0, 0.05) is 13.1 Å². The van der Waals surface area contributed by atoms with Crippen molar-refractivity contribution in [2.45, 2.75) is 25.2 Å². The van der Waals surface area contributed by atoms with Crippen LogP contribution in [0.2, 0.25) is 0 Å². The number of sulfonamides is 1. The first kappa shape index (κ1) is 17.6. The van der Waals surface area contributed by atoms with Crippen molar-refractivity contribution in [1.82, 2.24) is 9.62 Å². The molecule has 1 aromatic carbocycles. The highest BCUT2D eigenvalue weighted by molar-refractivity contribution is 7.89. The standard InChI is InChI=1S/C15H22N2O5S/c1-11-9-13(21-3)14(10-12(11)2)23(19,20)16-5-4-6-17-7-8-22-15(17)18/h9-10,16H,4-8H2,1-3H3. The highest BCUT2D eigenvalue weighted by Gasteiger charge is 2.22. The summed E-state index contributed by atoms with van der Waals surface area (Å²) >= 11 is 0. The van der Waals surface area contributed by atoms with Crippen molar-refractivity contribution in [2.75, 3.05) is 33.4 Å². The zero-order valence-electron chi connectivity index (χ0n) is 13.6.